The average Bonchev–Trinajstić information content (AvgIpc) is 3.28. The second-order valence-corrected chi connectivity index (χ2v) is 13.5. The number of epoxide rings is 1. The molecule has 0 bridgehead atoms. The molecule has 1 spiro atoms. The molecule has 5 fully saturated rings. The fourth-order valence-electron chi connectivity index (χ4n) is 10.00. The van der Waals surface area contributed by atoms with E-state index in [1.807, 2.05) is 0 Å². The van der Waals surface area contributed by atoms with Gasteiger partial charge in [0.15, 0.2) is 0 Å². The smallest absolute Gasteiger partial charge is 0.302 e. The minimum absolute atomic E-state index is 0.00240. The molecule has 1 heterocycles. The van der Waals surface area contributed by atoms with Gasteiger partial charge < -0.3 is 9.47 Å². The Balaban J connectivity index is 1.30. The lowest BCUT2D eigenvalue weighted by Gasteiger charge is -2.59. The second kappa shape index (κ2) is 7.99. The van der Waals surface area contributed by atoms with E-state index in [0.717, 1.165) is 48.3 Å². The van der Waals surface area contributed by atoms with Crippen molar-refractivity contribution in [2.24, 2.45) is 46.3 Å². The fourth-order valence-corrected chi connectivity index (χ4v) is 10.00. The van der Waals surface area contributed by atoms with Crippen LogP contribution >= 0.6 is 0 Å². The molecule has 4 saturated carbocycles. The maximum atomic E-state index is 11.6. The van der Waals surface area contributed by atoms with E-state index in [0.29, 0.717) is 11.5 Å². The molecule has 0 radical (unpaired) electrons. The maximum Gasteiger partial charge on any atom is 0.302 e. The summed E-state index contributed by atoms with van der Waals surface area (Å²) in [6.45, 7) is 14.1. The van der Waals surface area contributed by atoms with E-state index < -0.39 is 0 Å². The van der Waals surface area contributed by atoms with E-state index >= 15 is 0 Å². The molecule has 182 valence electrons. The van der Waals surface area contributed by atoms with E-state index in [4.69, 9.17) is 9.47 Å². The van der Waals surface area contributed by atoms with Crippen LogP contribution in [0.2, 0.25) is 0 Å². The molecule has 0 N–H and O–H groups in total. The Morgan fingerprint density at radius 3 is 2.53 bits per heavy atom. The zero-order valence-corrected chi connectivity index (χ0v) is 21.6. The number of rotatable bonds is 6. The molecule has 1 saturated heterocycles. The Hall–Kier alpha value is -0.570. The van der Waals surface area contributed by atoms with E-state index in [1.165, 1.54) is 57.8 Å². The van der Waals surface area contributed by atoms with Gasteiger partial charge in [-0.3, -0.25) is 4.79 Å². The summed E-state index contributed by atoms with van der Waals surface area (Å²) in [6.07, 6.45) is 14.8. The third-order valence-electron chi connectivity index (χ3n) is 11.6. The van der Waals surface area contributed by atoms with Crippen LogP contribution in [0, 0.1) is 46.3 Å². The number of ether oxygens (including phenoxy) is 2. The van der Waals surface area contributed by atoms with Gasteiger partial charge in [-0.25, -0.2) is 0 Å². The second-order valence-electron chi connectivity index (χ2n) is 13.5. The fraction of sp³-hybridized carbons (Fsp3) is 0.966. The summed E-state index contributed by atoms with van der Waals surface area (Å²) in [5.74, 6) is 5.03. The maximum absolute atomic E-state index is 11.6. The summed E-state index contributed by atoms with van der Waals surface area (Å²) in [7, 11) is 0. The first kappa shape index (κ1) is 23.2. The van der Waals surface area contributed by atoms with Crippen LogP contribution in [-0.2, 0) is 14.3 Å². The highest BCUT2D eigenvalue weighted by Crippen LogP contribution is 2.74. The normalized spacial score (nSPS) is 50.1. The van der Waals surface area contributed by atoms with Crippen LogP contribution in [-0.4, -0.2) is 23.8 Å². The van der Waals surface area contributed by atoms with E-state index in [1.54, 1.807) is 6.92 Å². The third-order valence-corrected chi connectivity index (χ3v) is 11.6. The molecule has 3 heteroatoms. The number of carbonyl (C=O) groups excluding carboxylic acids is 1. The molecule has 1 aliphatic heterocycles. The zero-order chi connectivity index (χ0) is 22.9. The van der Waals surface area contributed by atoms with Gasteiger partial charge in [0.25, 0.3) is 0 Å². The number of hydrogen-bond donors (Lipinski definition) is 0. The Morgan fingerprint density at radius 2 is 1.81 bits per heavy atom. The van der Waals surface area contributed by atoms with Crippen LogP contribution in [0.15, 0.2) is 0 Å². The summed E-state index contributed by atoms with van der Waals surface area (Å²) < 4.78 is 12.3. The molecule has 5 rings (SSSR count). The van der Waals surface area contributed by atoms with Crippen molar-refractivity contribution in [2.45, 2.75) is 130 Å². The van der Waals surface area contributed by atoms with Gasteiger partial charge in [-0.1, -0.05) is 53.9 Å². The largest absolute Gasteiger partial charge is 0.462 e. The van der Waals surface area contributed by atoms with Crippen molar-refractivity contribution < 1.29 is 14.3 Å². The topological polar surface area (TPSA) is 38.8 Å². The molecule has 32 heavy (non-hydrogen) atoms. The molecule has 0 aromatic carbocycles. The highest BCUT2D eigenvalue weighted by atomic mass is 16.6. The first-order valence-electron chi connectivity index (χ1n) is 14.0. The van der Waals surface area contributed by atoms with Crippen LogP contribution in [0.4, 0.5) is 0 Å². The molecule has 0 aromatic heterocycles. The first-order valence-corrected chi connectivity index (χ1v) is 14.0. The van der Waals surface area contributed by atoms with Gasteiger partial charge in [-0.05, 0) is 85.9 Å². The molecule has 4 aliphatic carbocycles. The predicted octanol–water partition coefficient (Wildman–Crippen LogP) is 7.17. The van der Waals surface area contributed by atoms with Gasteiger partial charge in [-0.15, -0.1) is 0 Å². The van der Waals surface area contributed by atoms with Crippen LogP contribution < -0.4 is 0 Å². The number of esters is 1. The molecule has 0 unspecified atom stereocenters. The molecule has 10 atom stereocenters. The Morgan fingerprint density at radius 1 is 1.03 bits per heavy atom. The van der Waals surface area contributed by atoms with Crippen LogP contribution in [0.25, 0.3) is 0 Å². The van der Waals surface area contributed by atoms with Gasteiger partial charge in [0, 0.05) is 18.8 Å². The minimum atomic E-state index is -0.131. The van der Waals surface area contributed by atoms with Crippen LogP contribution in [0.5, 0.6) is 0 Å². The lowest BCUT2D eigenvalue weighted by molar-refractivity contribution is -0.157. The molecule has 0 amide bonds. The molecular formula is C29H48O3. The molecule has 0 aromatic rings. The third kappa shape index (κ3) is 3.42. The number of hydrogen-bond acceptors (Lipinski definition) is 3. The first-order chi connectivity index (χ1) is 15.1. The summed E-state index contributed by atoms with van der Waals surface area (Å²) in [4.78, 5) is 11.6. The average molecular weight is 445 g/mol. The van der Waals surface area contributed by atoms with E-state index in [9.17, 15) is 4.79 Å². The van der Waals surface area contributed by atoms with Gasteiger partial charge in [0.1, 0.15) is 11.7 Å². The lowest BCUT2D eigenvalue weighted by Crippen LogP contribution is -2.59. The van der Waals surface area contributed by atoms with Crippen molar-refractivity contribution in [2.75, 3.05) is 0 Å². The zero-order valence-electron chi connectivity index (χ0n) is 21.6. The van der Waals surface area contributed by atoms with E-state index in [-0.39, 0.29) is 23.1 Å². The number of fused-ring (bicyclic) bond motifs is 4. The van der Waals surface area contributed by atoms with Crippen molar-refractivity contribution in [3.63, 3.8) is 0 Å². The highest BCUT2D eigenvalue weighted by molar-refractivity contribution is 5.66. The standard InChI is InChI=1S/C29H48O3/c1-18(2)8-7-9-19(3)23-10-11-24-22-16-26-29(32-26)17-21(31-20(4)30)12-15-28(29,6)25(22)13-14-27(23,24)5/h18-19,21-26H,7-17H2,1-6H3/t19-,21-,22+,23+,24+,25-,26+,27-,28-,29+/m1/s1. The summed E-state index contributed by atoms with van der Waals surface area (Å²) in [5, 5.41) is 0. The van der Waals surface area contributed by atoms with Crippen LogP contribution in [0.1, 0.15) is 112 Å². The van der Waals surface area contributed by atoms with Crippen molar-refractivity contribution in [3.05, 3.63) is 0 Å². The van der Waals surface area contributed by atoms with Gasteiger partial charge in [0.05, 0.1) is 6.10 Å². The van der Waals surface area contributed by atoms with Gasteiger partial charge in [0.2, 0.25) is 0 Å². The van der Waals surface area contributed by atoms with Crippen molar-refractivity contribution in [3.8, 4) is 0 Å². The summed E-state index contributed by atoms with van der Waals surface area (Å²) >= 11 is 0. The lowest BCUT2D eigenvalue weighted by atomic mass is 9.44. The Labute approximate surface area is 196 Å². The summed E-state index contributed by atoms with van der Waals surface area (Å²) in [5.41, 5.74) is 0.820. The van der Waals surface area contributed by atoms with Crippen molar-refractivity contribution in [1.29, 1.82) is 0 Å². The number of carbonyl (C=O) groups is 1. The minimum Gasteiger partial charge on any atom is -0.462 e. The van der Waals surface area contributed by atoms with Crippen molar-refractivity contribution in [1.82, 2.24) is 0 Å². The Kier molecular flexibility index (Phi) is 5.79. The monoisotopic (exact) mass is 444 g/mol. The van der Waals surface area contributed by atoms with Gasteiger partial charge >= 0.3 is 5.97 Å². The quantitative estimate of drug-likeness (QED) is 0.322. The SMILES string of the molecule is CC(=O)O[C@@H]1CC[C@]2(C)[C@@H]3CC[C@@]4(C)[C@@H](CC[C@H]4[C@H](C)CCCC(C)C)[C@@H]3C[C@@H]3O[C@@]32C1. The van der Waals surface area contributed by atoms with Crippen LogP contribution in [0.3, 0.4) is 0 Å². The molecule has 5 aliphatic rings. The van der Waals surface area contributed by atoms with Gasteiger partial charge in [-0.2, -0.15) is 0 Å². The van der Waals surface area contributed by atoms with Crippen molar-refractivity contribution >= 4 is 5.97 Å². The Bertz CT molecular complexity index is 732. The molecule has 3 nitrogen and oxygen atoms in total. The van der Waals surface area contributed by atoms with E-state index in [2.05, 4.69) is 34.6 Å². The predicted molar refractivity (Wildman–Crippen MR) is 128 cm³/mol. The highest BCUT2D eigenvalue weighted by Gasteiger charge is 2.76. The molecular weight excluding hydrogens is 396 g/mol. The summed E-state index contributed by atoms with van der Waals surface area (Å²) in [6, 6.07) is 0.